The number of rotatable bonds is 5. The normalized spacial score (nSPS) is 10.3. The summed E-state index contributed by atoms with van der Waals surface area (Å²) in [5.74, 6) is 0.213. The highest BCUT2D eigenvalue weighted by molar-refractivity contribution is 9.09. The van der Waals surface area contributed by atoms with E-state index in [2.05, 4.69) is 15.9 Å². The SMILES string of the molecule is Cc1cc(Cl)ccc1C(=O)CCCCBr. The molecule has 0 aromatic heterocycles. The Morgan fingerprint density at radius 2 is 2.13 bits per heavy atom. The molecule has 0 saturated carbocycles. The Kier molecular flexibility index (Phi) is 5.34. The number of alkyl halides is 1. The predicted molar refractivity (Wildman–Crippen MR) is 68.2 cm³/mol. The van der Waals surface area contributed by atoms with Gasteiger partial charge < -0.3 is 0 Å². The second-order valence-electron chi connectivity index (χ2n) is 3.53. The van der Waals surface area contributed by atoms with E-state index in [9.17, 15) is 4.79 Å². The summed E-state index contributed by atoms with van der Waals surface area (Å²) in [7, 11) is 0. The Hall–Kier alpha value is -0.340. The van der Waals surface area contributed by atoms with Crippen molar-refractivity contribution in [3.63, 3.8) is 0 Å². The molecule has 1 rings (SSSR count). The third-order valence-electron chi connectivity index (χ3n) is 2.28. The molecule has 3 heteroatoms. The van der Waals surface area contributed by atoms with Crippen LogP contribution in [0.3, 0.4) is 0 Å². The van der Waals surface area contributed by atoms with Crippen LogP contribution in [-0.4, -0.2) is 11.1 Å². The van der Waals surface area contributed by atoms with Crippen LogP contribution >= 0.6 is 27.5 Å². The van der Waals surface area contributed by atoms with Crippen molar-refractivity contribution < 1.29 is 4.79 Å². The van der Waals surface area contributed by atoms with Crippen LogP contribution in [0.4, 0.5) is 0 Å². The van der Waals surface area contributed by atoms with Crippen LogP contribution in [0.25, 0.3) is 0 Å². The van der Waals surface area contributed by atoms with Crippen molar-refractivity contribution >= 4 is 33.3 Å². The van der Waals surface area contributed by atoms with E-state index in [-0.39, 0.29) is 5.78 Å². The first-order valence-corrected chi connectivity index (χ1v) is 6.50. The first kappa shape index (κ1) is 12.7. The fourth-order valence-corrected chi connectivity index (χ4v) is 2.08. The number of carbonyl (C=O) groups is 1. The maximum atomic E-state index is 11.8. The van der Waals surface area contributed by atoms with Gasteiger partial charge in [-0.15, -0.1) is 0 Å². The van der Waals surface area contributed by atoms with Gasteiger partial charge in [0.05, 0.1) is 0 Å². The summed E-state index contributed by atoms with van der Waals surface area (Å²) in [4.78, 5) is 11.8. The number of unbranched alkanes of at least 4 members (excludes halogenated alkanes) is 1. The summed E-state index contributed by atoms with van der Waals surface area (Å²) in [6, 6.07) is 5.42. The maximum absolute atomic E-state index is 11.8. The molecule has 0 saturated heterocycles. The van der Waals surface area contributed by atoms with Gasteiger partial charge in [0.2, 0.25) is 0 Å². The topological polar surface area (TPSA) is 17.1 Å². The minimum atomic E-state index is 0.213. The van der Waals surface area contributed by atoms with Crippen molar-refractivity contribution in [2.24, 2.45) is 0 Å². The number of halogens is 2. The molecule has 0 radical (unpaired) electrons. The lowest BCUT2D eigenvalue weighted by Gasteiger charge is -2.04. The molecule has 0 heterocycles. The lowest BCUT2D eigenvalue weighted by Crippen LogP contribution is -2.01. The van der Waals surface area contributed by atoms with Crippen molar-refractivity contribution in [2.45, 2.75) is 26.2 Å². The zero-order chi connectivity index (χ0) is 11.3. The number of hydrogen-bond acceptors (Lipinski definition) is 1. The molecule has 1 nitrogen and oxygen atoms in total. The third-order valence-corrected chi connectivity index (χ3v) is 3.07. The molecule has 0 aliphatic carbocycles. The summed E-state index contributed by atoms with van der Waals surface area (Å²) in [5.41, 5.74) is 1.76. The fourth-order valence-electron chi connectivity index (χ4n) is 1.45. The molecule has 0 atom stereocenters. The first-order valence-electron chi connectivity index (χ1n) is 5.00. The monoisotopic (exact) mass is 288 g/mol. The lowest BCUT2D eigenvalue weighted by molar-refractivity contribution is 0.0979. The summed E-state index contributed by atoms with van der Waals surface area (Å²) in [6.45, 7) is 1.92. The number of hydrogen-bond donors (Lipinski definition) is 0. The van der Waals surface area contributed by atoms with Gasteiger partial charge in [-0.05, 0) is 43.5 Å². The van der Waals surface area contributed by atoms with Gasteiger partial charge in [-0.3, -0.25) is 4.79 Å². The van der Waals surface area contributed by atoms with Gasteiger partial charge in [0.1, 0.15) is 0 Å². The van der Waals surface area contributed by atoms with Crippen molar-refractivity contribution in [1.82, 2.24) is 0 Å². The molecule has 0 spiro atoms. The van der Waals surface area contributed by atoms with E-state index < -0.39 is 0 Å². The van der Waals surface area contributed by atoms with Crippen molar-refractivity contribution in [1.29, 1.82) is 0 Å². The molecule has 0 N–H and O–H groups in total. The van der Waals surface area contributed by atoms with Crippen LogP contribution in [0.5, 0.6) is 0 Å². The molecule has 0 amide bonds. The number of Topliss-reactive ketones (excluding diaryl/α,β-unsaturated/α-hetero) is 1. The molecule has 0 fully saturated rings. The van der Waals surface area contributed by atoms with Crippen LogP contribution in [0.2, 0.25) is 5.02 Å². The average molecular weight is 290 g/mol. The third kappa shape index (κ3) is 3.96. The Bertz CT molecular complexity index is 349. The number of aryl methyl sites for hydroxylation is 1. The molecule has 82 valence electrons. The average Bonchev–Trinajstić information content (AvgIpc) is 2.17. The summed E-state index contributed by atoms with van der Waals surface area (Å²) >= 11 is 9.18. The van der Waals surface area contributed by atoms with Crippen LogP contribution < -0.4 is 0 Å². The van der Waals surface area contributed by atoms with E-state index in [0.29, 0.717) is 11.4 Å². The molecule has 0 aliphatic rings. The molecule has 1 aromatic carbocycles. The van der Waals surface area contributed by atoms with E-state index >= 15 is 0 Å². The highest BCUT2D eigenvalue weighted by Gasteiger charge is 2.08. The van der Waals surface area contributed by atoms with Gasteiger partial charge in [0.25, 0.3) is 0 Å². The highest BCUT2D eigenvalue weighted by Crippen LogP contribution is 2.17. The molecule has 0 aliphatic heterocycles. The Labute approximate surface area is 104 Å². The minimum absolute atomic E-state index is 0.213. The standard InChI is InChI=1S/C12H14BrClO/c1-9-8-10(14)5-6-11(9)12(15)4-2-3-7-13/h5-6,8H,2-4,7H2,1H3. The largest absolute Gasteiger partial charge is 0.294 e. The van der Waals surface area contributed by atoms with Gasteiger partial charge in [-0.2, -0.15) is 0 Å². The Balaban J connectivity index is 2.65. The Morgan fingerprint density at radius 3 is 2.73 bits per heavy atom. The van der Waals surface area contributed by atoms with Crippen molar-refractivity contribution in [3.8, 4) is 0 Å². The first-order chi connectivity index (χ1) is 7.15. The second kappa shape index (κ2) is 6.29. The van der Waals surface area contributed by atoms with Crippen LogP contribution in [0, 0.1) is 6.92 Å². The minimum Gasteiger partial charge on any atom is -0.294 e. The summed E-state index contributed by atoms with van der Waals surface area (Å²) < 4.78 is 0. The molecular weight excluding hydrogens is 275 g/mol. The van der Waals surface area contributed by atoms with Gasteiger partial charge in [0.15, 0.2) is 5.78 Å². The lowest BCUT2D eigenvalue weighted by atomic mass is 10.0. The Morgan fingerprint density at radius 1 is 1.40 bits per heavy atom. The molecule has 1 aromatic rings. The van der Waals surface area contributed by atoms with Gasteiger partial charge in [0, 0.05) is 22.3 Å². The zero-order valence-electron chi connectivity index (χ0n) is 8.72. The summed E-state index contributed by atoms with van der Waals surface area (Å²) in [6.07, 6.45) is 2.60. The second-order valence-corrected chi connectivity index (χ2v) is 4.76. The highest BCUT2D eigenvalue weighted by atomic mass is 79.9. The maximum Gasteiger partial charge on any atom is 0.163 e. The number of benzene rings is 1. The van der Waals surface area contributed by atoms with Crippen molar-refractivity contribution in [3.05, 3.63) is 34.3 Å². The van der Waals surface area contributed by atoms with Gasteiger partial charge in [-0.25, -0.2) is 0 Å². The summed E-state index contributed by atoms with van der Waals surface area (Å²) in [5, 5.41) is 1.64. The smallest absolute Gasteiger partial charge is 0.163 e. The van der Waals surface area contributed by atoms with E-state index in [4.69, 9.17) is 11.6 Å². The van der Waals surface area contributed by atoms with Crippen molar-refractivity contribution in [2.75, 3.05) is 5.33 Å². The predicted octanol–water partition coefficient (Wildman–Crippen LogP) is 4.40. The van der Waals surface area contributed by atoms with Crippen LogP contribution in [-0.2, 0) is 0 Å². The van der Waals surface area contributed by atoms with Gasteiger partial charge in [-0.1, -0.05) is 27.5 Å². The molecule has 15 heavy (non-hydrogen) atoms. The van der Waals surface area contributed by atoms with Crippen LogP contribution in [0.15, 0.2) is 18.2 Å². The van der Waals surface area contributed by atoms with E-state index in [0.717, 1.165) is 29.3 Å². The zero-order valence-corrected chi connectivity index (χ0v) is 11.1. The molecular formula is C12H14BrClO. The van der Waals surface area contributed by atoms with E-state index in [1.54, 1.807) is 6.07 Å². The quantitative estimate of drug-likeness (QED) is 0.446. The van der Waals surface area contributed by atoms with E-state index in [1.807, 2.05) is 19.1 Å². The fraction of sp³-hybridized carbons (Fsp3) is 0.417. The molecule has 0 unspecified atom stereocenters. The number of carbonyl (C=O) groups excluding carboxylic acids is 1. The number of ketones is 1. The van der Waals surface area contributed by atoms with Crippen LogP contribution in [0.1, 0.15) is 35.2 Å². The van der Waals surface area contributed by atoms with E-state index in [1.165, 1.54) is 0 Å². The van der Waals surface area contributed by atoms with Gasteiger partial charge >= 0.3 is 0 Å². The molecule has 0 bridgehead atoms.